The van der Waals surface area contributed by atoms with Crippen molar-refractivity contribution in [1.29, 1.82) is 5.26 Å². The molecule has 1 saturated carbocycles. The molecule has 1 atom stereocenters. The van der Waals surface area contributed by atoms with Crippen LogP contribution in [0.25, 0.3) is 0 Å². The largest absolute Gasteiger partial charge is 0.495 e. The Balaban J connectivity index is 0.853. The molecule has 3 N–H and O–H groups in total. The van der Waals surface area contributed by atoms with Gasteiger partial charge in [-0.25, -0.2) is 0 Å². The predicted molar refractivity (Wildman–Crippen MR) is 228 cm³/mol. The number of carbonyl (C=O) groups is 4. The van der Waals surface area contributed by atoms with Gasteiger partial charge in [-0.3, -0.25) is 29.4 Å². The number of imide groups is 1. The van der Waals surface area contributed by atoms with Crippen LogP contribution in [0.5, 0.6) is 17.2 Å². The van der Waals surface area contributed by atoms with E-state index in [4.69, 9.17) is 14.2 Å². The topological polar surface area (TPSA) is 166 Å². The van der Waals surface area contributed by atoms with Crippen molar-refractivity contribution in [2.24, 2.45) is 16.7 Å². The lowest BCUT2D eigenvalue weighted by molar-refractivity contribution is -0.164. The third-order valence-corrected chi connectivity index (χ3v) is 13.0. The van der Waals surface area contributed by atoms with Crippen LogP contribution in [0, 0.1) is 28.1 Å². The summed E-state index contributed by atoms with van der Waals surface area (Å²) in [5, 5.41) is 17.7. The third-order valence-electron chi connectivity index (χ3n) is 13.0. The summed E-state index contributed by atoms with van der Waals surface area (Å²) >= 11 is 0. The Morgan fingerprint density at radius 2 is 1.43 bits per heavy atom. The number of amides is 4. The molecule has 3 aromatic carbocycles. The summed E-state index contributed by atoms with van der Waals surface area (Å²) in [5.74, 6) is 1.02. The van der Waals surface area contributed by atoms with Crippen molar-refractivity contribution >= 4 is 35.0 Å². The summed E-state index contributed by atoms with van der Waals surface area (Å²) < 4.78 is 17.5. The van der Waals surface area contributed by atoms with E-state index in [1.54, 1.807) is 37.4 Å². The normalized spacial score (nSPS) is 22.8. The number of anilines is 2. The predicted octanol–water partition coefficient (Wildman–Crippen LogP) is 4.76. The summed E-state index contributed by atoms with van der Waals surface area (Å²) in [4.78, 5) is 57.3. The first-order valence-corrected chi connectivity index (χ1v) is 20.9. The first-order valence-electron chi connectivity index (χ1n) is 20.9. The van der Waals surface area contributed by atoms with Crippen LogP contribution in [-0.4, -0.2) is 107 Å². The maximum Gasteiger partial charge on any atom is 0.252 e. The molecule has 3 heterocycles. The monoisotopic (exact) mass is 819 g/mol. The summed E-state index contributed by atoms with van der Waals surface area (Å²) in [5.41, 5.74) is 2.85. The molecule has 3 aromatic rings. The first-order chi connectivity index (χ1) is 28.7. The second-order valence-corrected chi connectivity index (χ2v) is 17.6. The number of rotatable bonds is 12. The fourth-order valence-electron chi connectivity index (χ4n) is 9.87. The molecule has 3 saturated heterocycles. The number of methoxy groups -OCH3 is 2. The van der Waals surface area contributed by atoms with E-state index in [9.17, 15) is 24.4 Å². The van der Waals surface area contributed by atoms with Crippen LogP contribution >= 0.6 is 0 Å². The molecule has 4 aliphatic rings. The van der Waals surface area contributed by atoms with Gasteiger partial charge in [0.2, 0.25) is 11.8 Å². The second-order valence-electron chi connectivity index (χ2n) is 17.6. The molecule has 3 aliphatic heterocycles. The molecule has 0 spiro atoms. The second kappa shape index (κ2) is 17.4. The Labute approximate surface area is 352 Å². The van der Waals surface area contributed by atoms with Crippen molar-refractivity contribution in [2.45, 2.75) is 71.6 Å². The van der Waals surface area contributed by atoms with Crippen molar-refractivity contribution in [2.75, 3.05) is 69.8 Å². The Morgan fingerprint density at radius 3 is 2.07 bits per heavy atom. The lowest BCUT2D eigenvalue weighted by Gasteiger charge is -2.63. The number of nitrogens with one attached hydrogen (secondary N) is 3. The standard InChI is InChI=1S/C46H57N7O7/c1-45(2)43(46(3,4)44(45)60-34-13-9-32(27-47)37(26-34)58-5)50-40(55)30-7-11-33(12-8-30)52-19-17-29(18-20-52)28-51-21-23-53(24-22-51)36-15-10-31(25-38(36)59-6)41(56)48-35-14-16-39(54)49-42(35)57/h7-13,15,25-26,29,35,43-44H,14,16-24,28H2,1-6H3,(H,48,56)(H,50,55)(H,49,54,57)/t35?,43-,44-. The van der Waals surface area contributed by atoms with Gasteiger partial charge in [-0.2, -0.15) is 5.26 Å². The van der Waals surface area contributed by atoms with Gasteiger partial charge in [0.1, 0.15) is 35.5 Å². The number of carbonyl (C=O) groups excluding carboxylic acids is 4. The van der Waals surface area contributed by atoms with E-state index >= 15 is 0 Å². The number of benzene rings is 3. The zero-order valence-corrected chi connectivity index (χ0v) is 35.5. The van der Waals surface area contributed by atoms with Gasteiger partial charge in [-0.15, -0.1) is 0 Å². The van der Waals surface area contributed by atoms with E-state index in [2.05, 4.69) is 76.5 Å². The van der Waals surface area contributed by atoms with E-state index in [1.807, 2.05) is 18.2 Å². The number of hydrogen-bond acceptors (Lipinski definition) is 11. The van der Waals surface area contributed by atoms with Gasteiger partial charge in [0.05, 0.1) is 25.5 Å². The molecule has 14 nitrogen and oxygen atoms in total. The zero-order valence-electron chi connectivity index (χ0n) is 35.5. The minimum absolute atomic E-state index is 0.102. The molecule has 7 rings (SSSR count). The average molecular weight is 820 g/mol. The summed E-state index contributed by atoms with van der Waals surface area (Å²) in [7, 11) is 3.13. The number of nitriles is 1. The van der Waals surface area contributed by atoms with Crippen molar-refractivity contribution in [1.82, 2.24) is 20.9 Å². The Morgan fingerprint density at radius 1 is 0.783 bits per heavy atom. The highest BCUT2D eigenvalue weighted by atomic mass is 16.5. The molecule has 1 aliphatic carbocycles. The molecule has 14 heteroatoms. The number of piperazine rings is 1. The van der Waals surface area contributed by atoms with Crippen molar-refractivity contribution in [3.8, 4) is 23.3 Å². The van der Waals surface area contributed by atoms with Crippen LogP contribution < -0.4 is 40.0 Å². The van der Waals surface area contributed by atoms with E-state index < -0.39 is 11.9 Å². The molecule has 60 heavy (non-hydrogen) atoms. The summed E-state index contributed by atoms with van der Waals surface area (Å²) in [6, 6.07) is 19.8. The molecule has 0 bridgehead atoms. The lowest BCUT2D eigenvalue weighted by Crippen LogP contribution is -2.74. The van der Waals surface area contributed by atoms with Crippen LogP contribution in [0.2, 0.25) is 0 Å². The van der Waals surface area contributed by atoms with Crippen LogP contribution in [0.1, 0.15) is 79.7 Å². The van der Waals surface area contributed by atoms with Crippen molar-refractivity contribution in [3.63, 3.8) is 0 Å². The van der Waals surface area contributed by atoms with Gasteiger partial charge in [0, 0.05) is 92.0 Å². The van der Waals surface area contributed by atoms with Gasteiger partial charge >= 0.3 is 0 Å². The number of hydrogen-bond donors (Lipinski definition) is 3. The fourth-order valence-corrected chi connectivity index (χ4v) is 9.87. The fraction of sp³-hybridized carbons (Fsp3) is 0.500. The minimum Gasteiger partial charge on any atom is -0.495 e. The SMILES string of the molecule is COc1cc(O[C@H]2C(C)(C)[C@H](NC(=O)c3ccc(N4CCC(CN5CCN(c6ccc(C(=O)NC7CCC(=O)NC7=O)cc6OC)CC5)CC4)cc3)C2(C)C)ccc1C#N. The van der Waals surface area contributed by atoms with Gasteiger partial charge in [-0.05, 0) is 79.8 Å². The van der Waals surface area contributed by atoms with Gasteiger partial charge in [0.25, 0.3) is 11.8 Å². The van der Waals surface area contributed by atoms with E-state index in [1.165, 1.54) is 7.11 Å². The number of nitrogens with zero attached hydrogens (tertiary/aromatic N) is 4. The molecule has 0 aromatic heterocycles. The minimum atomic E-state index is -0.738. The molecule has 1 unspecified atom stereocenters. The third kappa shape index (κ3) is 8.73. The van der Waals surface area contributed by atoms with Crippen LogP contribution in [0.4, 0.5) is 11.4 Å². The molecule has 4 amide bonds. The first kappa shape index (κ1) is 42.3. The molecule has 318 valence electrons. The highest BCUT2D eigenvalue weighted by Gasteiger charge is 2.64. The van der Waals surface area contributed by atoms with Crippen LogP contribution in [0.15, 0.2) is 60.7 Å². The van der Waals surface area contributed by atoms with E-state index in [0.29, 0.717) is 39.9 Å². The Hall–Kier alpha value is -5.81. The molecular formula is C46H57N7O7. The van der Waals surface area contributed by atoms with Gasteiger partial charge < -0.3 is 34.6 Å². The summed E-state index contributed by atoms with van der Waals surface area (Å²) in [6.07, 6.45) is 2.51. The number of ether oxygens (including phenoxy) is 3. The highest BCUT2D eigenvalue weighted by Crippen LogP contribution is 2.55. The summed E-state index contributed by atoms with van der Waals surface area (Å²) in [6.45, 7) is 15.0. The average Bonchev–Trinajstić information content (AvgIpc) is 3.25. The highest BCUT2D eigenvalue weighted by molar-refractivity contribution is 6.04. The van der Waals surface area contributed by atoms with Crippen molar-refractivity contribution < 1.29 is 33.4 Å². The zero-order chi connectivity index (χ0) is 42.8. The Kier molecular flexibility index (Phi) is 12.3. The number of piperidine rings is 2. The van der Waals surface area contributed by atoms with Crippen molar-refractivity contribution in [3.05, 3.63) is 77.4 Å². The molecule has 0 radical (unpaired) electrons. The Bertz CT molecular complexity index is 2120. The van der Waals surface area contributed by atoms with E-state index in [0.717, 1.165) is 70.0 Å². The quantitative estimate of drug-likeness (QED) is 0.216. The van der Waals surface area contributed by atoms with Gasteiger partial charge in [-0.1, -0.05) is 27.7 Å². The molecular weight excluding hydrogens is 763 g/mol. The van der Waals surface area contributed by atoms with Crippen LogP contribution in [-0.2, 0) is 9.59 Å². The lowest BCUT2D eigenvalue weighted by atomic mass is 9.49. The van der Waals surface area contributed by atoms with Crippen LogP contribution in [0.3, 0.4) is 0 Å². The van der Waals surface area contributed by atoms with E-state index in [-0.39, 0.29) is 53.5 Å². The van der Waals surface area contributed by atoms with Gasteiger partial charge in [0.15, 0.2) is 0 Å². The maximum atomic E-state index is 13.6. The maximum absolute atomic E-state index is 13.6. The molecule has 4 fully saturated rings. The smallest absolute Gasteiger partial charge is 0.252 e.